The third-order valence-corrected chi connectivity index (χ3v) is 3.75. The maximum atomic E-state index is 11.9. The molecule has 0 radical (unpaired) electrons. The van der Waals surface area contributed by atoms with Crippen LogP contribution in [0.1, 0.15) is 24.0 Å². The monoisotopic (exact) mass is 354 g/mol. The Bertz CT molecular complexity index is 742. The van der Waals surface area contributed by atoms with Crippen molar-refractivity contribution in [3.63, 3.8) is 0 Å². The molecule has 0 atom stereocenters. The molecule has 0 fully saturated rings. The molecule has 2 amide bonds. The maximum absolute atomic E-state index is 11.9. The largest absolute Gasteiger partial charge is 0.481 e. The summed E-state index contributed by atoms with van der Waals surface area (Å²) >= 11 is 0. The number of aliphatic carboxylic acids is 1. The van der Waals surface area contributed by atoms with Crippen LogP contribution in [-0.4, -0.2) is 29.4 Å². The minimum Gasteiger partial charge on any atom is -0.481 e. The number of carbonyl (C=O) groups excluding carboxylic acids is 2. The molecule has 0 spiro atoms. The maximum Gasteiger partial charge on any atom is 0.303 e. The minimum absolute atomic E-state index is 0.0778. The van der Waals surface area contributed by atoms with Crippen molar-refractivity contribution in [2.45, 2.75) is 25.7 Å². The number of aryl methyl sites for hydroxylation is 1. The quantitative estimate of drug-likeness (QED) is 0.644. The highest BCUT2D eigenvalue weighted by Gasteiger charge is 2.06. The van der Waals surface area contributed by atoms with Crippen molar-refractivity contribution in [3.8, 4) is 0 Å². The molecule has 6 nitrogen and oxygen atoms in total. The average molecular weight is 354 g/mol. The van der Waals surface area contributed by atoms with E-state index in [4.69, 9.17) is 5.11 Å². The molecule has 3 N–H and O–H groups in total. The molecule has 2 aromatic carbocycles. The molecule has 2 rings (SSSR count). The predicted molar refractivity (Wildman–Crippen MR) is 98.8 cm³/mol. The van der Waals surface area contributed by atoms with Gasteiger partial charge in [-0.2, -0.15) is 0 Å². The van der Waals surface area contributed by atoms with Crippen molar-refractivity contribution >= 4 is 23.5 Å². The number of amides is 2. The van der Waals surface area contributed by atoms with E-state index in [1.807, 2.05) is 30.3 Å². The van der Waals surface area contributed by atoms with Gasteiger partial charge in [-0.25, -0.2) is 0 Å². The smallest absolute Gasteiger partial charge is 0.303 e. The molecule has 0 saturated carbocycles. The van der Waals surface area contributed by atoms with E-state index < -0.39 is 5.97 Å². The highest BCUT2D eigenvalue weighted by molar-refractivity contribution is 5.91. The van der Waals surface area contributed by atoms with Gasteiger partial charge >= 0.3 is 5.97 Å². The first-order valence-corrected chi connectivity index (χ1v) is 8.44. The number of hydrogen-bond acceptors (Lipinski definition) is 3. The molecule has 26 heavy (non-hydrogen) atoms. The Hall–Kier alpha value is -3.15. The van der Waals surface area contributed by atoms with E-state index in [1.54, 1.807) is 24.3 Å². The second-order valence-electron chi connectivity index (χ2n) is 5.90. The van der Waals surface area contributed by atoms with E-state index in [1.165, 1.54) is 0 Å². The van der Waals surface area contributed by atoms with Crippen LogP contribution in [0.5, 0.6) is 0 Å². The molecule has 0 saturated heterocycles. The second-order valence-corrected chi connectivity index (χ2v) is 5.90. The fourth-order valence-corrected chi connectivity index (χ4v) is 2.39. The van der Waals surface area contributed by atoms with Crippen LogP contribution in [0.3, 0.4) is 0 Å². The summed E-state index contributed by atoms with van der Waals surface area (Å²) in [7, 11) is 0. The number of carboxylic acid groups (broad SMARTS) is 1. The van der Waals surface area contributed by atoms with Crippen molar-refractivity contribution < 1.29 is 19.5 Å². The number of carboxylic acids is 1. The van der Waals surface area contributed by atoms with E-state index in [2.05, 4.69) is 10.6 Å². The van der Waals surface area contributed by atoms with E-state index >= 15 is 0 Å². The molecule has 0 aliphatic heterocycles. The van der Waals surface area contributed by atoms with Crippen molar-refractivity contribution in [1.29, 1.82) is 0 Å². The summed E-state index contributed by atoms with van der Waals surface area (Å²) < 4.78 is 0. The van der Waals surface area contributed by atoms with Crippen molar-refractivity contribution in [2.75, 3.05) is 11.9 Å². The van der Waals surface area contributed by atoms with Crippen molar-refractivity contribution in [3.05, 3.63) is 65.7 Å². The summed E-state index contributed by atoms with van der Waals surface area (Å²) in [6, 6.07) is 16.5. The fraction of sp³-hybridized carbons (Fsp3) is 0.250. The molecule has 0 bridgehead atoms. The van der Waals surface area contributed by atoms with E-state index in [-0.39, 0.29) is 31.2 Å². The lowest BCUT2D eigenvalue weighted by Gasteiger charge is -2.08. The van der Waals surface area contributed by atoms with Gasteiger partial charge in [-0.1, -0.05) is 42.5 Å². The van der Waals surface area contributed by atoms with Crippen LogP contribution in [0.2, 0.25) is 0 Å². The van der Waals surface area contributed by atoms with Crippen LogP contribution in [0.25, 0.3) is 0 Å². The molecule has 0 aliphatic carbocycles. The lowest BCUT2D eigenvalue weighted by Crippen LogP contribution is -2.28. The Kier molecular flexibility index (Phi) is 7.36. The first-order valence-electron chi connectivity index (χ1n) is 8.44. The Balaban J connectivity index is 1.68. The first kappa shape index (κ1) is 19.2. The van der Waals surface area contributed by atoms with Crippen LogP contribution in [-0.2, 0) is 27.2 Å². The summed E-state index contributed by atoms with van der Waals surface area (Å²) in [5.41, 5.74) is 2.47. The molecule has 2 aromatic rings. The van der Waals surface area contributed by atoms with Gasteiger partial charge in [0, 0.05) is 25.1 Å². The summed E-state index contributed by atoms with van der Waals surface area (Å²) in [6.07, 6.45) is 1.01. The zero-order valence-corrected chi connectivity index (χ0v) is 14.4. The summed E-state index contributed by atoms with van der Waals surface area (Å²) in [6.45, 7) is 0.272. The predicted octanol–water partition coefficient (Wildman–Crippen LogP) is 2.39. The molecular formula is C20H22N2O4. The van der Waals surface area contributed by atoms with Crippen LogP contribution < -0.4 is 10.6 Å². The summed E-state index contributed by atoms with van der Waals surface area (Å²) in [4.78, 5) is 34.3. The highest BCUT2D eigenvalue weighted by Crippen LogP contribution is 2.11. The van der Waals surface area contributed by atoms with E-state index in [0.717, 1.165) is 11.1 Å². The third kappa shape index (κ3) is 7.17. The first-order chi connectivity index (χ1) is 12.5. The molecule has 0 aliphatic rings. The lowest BCUT2D eigenvalue weighted by molar-refractivity contribution is -0.137. The van der Waals surface area contributed by atoms with Gasteiger partial charge in [0.05, 0.1) is 6.42 Å². The zero-order chi connectivity index (χ0) is 18.8. The van der Waals surface area contributed by atoms with Gasteiger partial charge in [-0.3, -0.25) is 14.4 Å². The van der Waals surface area contributed by atoms with Gasteiger partial charge in [0.2, 0.25) is 11.8 Å². The van der Waals surface area contributed by atoms with Crippen LogP contribution in [0.4, 0.5) is 5.69 Å². The van der Waals surface area contributed by atoms with Crippen molar-refractivity contribution in [2.24, 2.45) is 0 Å². The molecule has 0 heterocycles. The zero-order valence-electron chi connectivity index (χ0n) is 14.4. The van der Waals surface area contributed by atoms with Crippen LogP contribution >= 0.6 is 0 Å². The molecule has 136 valence electrons. The number of anilines is 1. The number of benzene rings is 2. The lowest BCUT2D eigenvalue weighted by atomic mass is 10.1. The minimum atomic E-state index is -0.836. The SMILES string of the molecule is O=C(O)CCc1ccc(NC(=O)CCNC(=O)Cc2ccccc2)cc1. The number of hydrogen-bond donors (Lipinski definition) is 3. The standard InChI is InChI=1S/C20H22N2O4/c23-18(12-13-21-19(24)14-16-4-2-1-3-5-16)22-17-9-6-15(7-10-17)8-11-20(25)26/h1-7,9-10H,8,11-14H2,(H,21,24)(H,22,23)(H,25,26). The Morgan fingerprint density at radius 3 is 2.15 bits per heavy atom. The topological polar surface area (TPSA) is 95.5 Å². The van der Waals surface area contributed by atoms with Gasteiger partial charge in [0.15, 0.2) is 0 Å². The second kappa shape index (κ2) is 9.98. The number of carbonyl (C=O) groups is 3. The average Bonchev–Trinajstić information content (AvgIpc) is 2.62. The van der Waals surface area contributed by atoms with Gasteiger partial charge in [-0.15, -0.1) is 0 Å². The Labute approximate surface area is 152 Å². The van der Waals surface area contributed by atoms with Gasteiger partial charge in [0.25, 0.3) is 0 Å². The third-order valence-electron chi connectivity index (χ3n) is 3.75. The van der Waals surface area contributed by atoms with Crippen LogP contribution in [0, 0.1) is 0 Å². The Morgan fingerprint density at radius 1 is 0.808 bits per heavy atom. The van der Waals surface area contributed by atoms with Gasteiger partial charge in [0.1, 0.15) is 0 Å². The normalized spacial score (nSPS) is 10.2. The molecular weight excluding hydrogens is 332 g/mol. The van der Waals surface area contributed by atoms with Gasteiger partial charge in [-0.05, 0) is 29.7 Å². The number of rotatable bonds is 9. The Morgan fingerprint density at radius 2 is 1.50 bits per heavy atom. The summed E-state index contributed by atoms with van der Waals surface area (Å²) in [5, 5.41) is 14.1. The fourth-order valence-electron chi connectivity index (χ4n) is 2.39. The van der Waals surface area contributed by atoms with Crippen LogP contribution in [0.15, 0.2) is 54.6 Å². The molecule has 6 heteroatoms. The van der Waals surface area contributed by atoms with Gasteiger partial charge < -0.3 is 15.7 Å². The highest BCUT2D eigenvalue weighted by atomic mass is 16.4. The van der Waals surface area contributed by atoms with Crippen molar-refractivity contribution in [1.82, 2.24) is 5.32 Å². The molecule has 0 aromatic heterocycles. The van der Waals surface area contributed by atoms with E-state index in [0.29, 0.717) is 18.5 Å². The van der Waals surface area contributed by atoms with E-state index in [9.17, 15) is 14.4 Å². The number of nitrogens with one attached hydrogen (secondary N) is 2. The summed E-state index contributed by atoms with van der Waals surface area (Å²) in [5.74, 6) is -1.15. The molecule has 0 unspecified atom stereocenters.